The number of halogens is 1. The summed E-state index contributed by atoms with van der Waals surface area (Å²) in [5, 5.41) is 0. The molecular formula is C12H21IN4. The third-order valence-corrected chi connectivity index (χ3v) is 2.39. The molecule has 0 heterocycles. The zero-order valence-corrected chi connectivity index (χ0v) is 12.5. The van der Waals surface area contributed by atoms with Crippen molar-refractivity contribution in [2.75, 3.05) is 25.0 Å². The highest BCUT2D eigenvalue weighted by Crippen LogP contribution is 2.11. The number of nitrogens with two attached hydrogens (primary N) is 2. The summed E-state index contributed by atoms with van der Waals surface area (Å²) >= 11 is 0. The van der Waals surface area contributed by atoms with Crippen LogP contribution >= 0.6 is 24.0 Å². The lowest BCUT2D eigenvalue weighted by molar-refractivity contribution is 0.728. The molecule has 0 spiro atoms. The van der Waals surface area contributed by atoms with E-state index in [9.17, 15) is 0 Å². The number of guanidine groups is 1. The van der Waals surface area contributed by atoms with Crippen LogP contribution in [0.3, 0.4) is 0 Å². The molecule has 0 aliphatic carbocycles. The molecular weight excluding hydrogens is 327 g/mol. The molecule has 0 aliphatic heterocycles. The van der Waals surface area contributed by atoms with Crippen LogP contribution in [-0.2, 0) is 0 Å². The van der Waals surface area contributed by atoms with E-state index in [0.29, 0.717) is 6.54 Å². The zero-order valence-electron chi connectivity index (χ0n) is 10.2. The number of hydrogen-bond acceptors (Lipinski definition) is 2. The second-order valence-corrected chi connectivity index (χ2v) is 3.77. The summed E-state index contributed by atoms with van der Waals surface area (Å²) in [4.78, 5) is 6.18. The second kappa shape index (κ2) is 9.09. The van der Waals surface area contributed by atoms with E-state index in [1.807, 2.05) is 18.2 Å². The Balaban J connectivity index is 0.00000256. The van der Waals surface area contributed by atoms with Gasteiger partial charge in [0.05, 0.1) is 0 Å². The Morgan fingerprint density at radius 3 is 2.41 bits per heavy atom. The first-order valence-electron chi connectivity index (χ1n) is 5.51. The van der Waals surface area contributed by atoms with Crippen LogP contribution < -0.4 is 16.4 Å². The lowest BCUT2D eigenvalue weighted by Crippen LogP contribution is -2.23. The number of nitrogens with zero attached hydrogens (tertiary/aromatic N) is 2. The fourth-order valence-corrected chi connectivity index (χ4v) is 1.48. The first-order valence-corrected chi connectivity index (χ1v) is 5.51. The van der Waals surface area contributed by atoms with E-state index < -0.39 is 0 Å². The van der Waals surface area contributed by atoms with Crippen molar-refractivity contribution < 1.29 is 0 Å². The number of aliphatic imine (C=N–C) groups is 1. The lowest BCUT2D eigenvalue weighted by atomic mass is 10.2. The van der Waals surface area contributed by atoms with E-state index in [1.54, 1.807) is 0 Å². The van der Waals surface area contributed by atoms with Crippen LogP contribution in [0.1, 0.15) is 12.8 Å². The Bertz CT molecular complexity index is 323. The molecule has 1 aromatic rings. The van der Waals surface area contributed by atoms with E-state index in [4.69, 9.17) is 11.5 Å². The van der Waals surface area contributed by atoms with Gasteiger partial charge in [-0.25, -0.2) is 0 Å². The number of anilines is 1. The third kappa shape index (κ3) is 7.04. The van der Waals surface area contributed by atoms with Gasteiger partial charge in [0.1, 0.15) is 0 Å². The first kappa shape index (κ1) is 16.0. The quantitative estimate of drug-likeness (QED) is 0.357. The molecule has 4 N–H and O–H groups in total. The van der Waals surface area contributed by atoms with Gasteiger partial charge >= 0.3 is 0 Å². The Morgan fingerprint density at radius 2 is 1.82 bits per heavy atom. The van der Waals surface area contributed by atoms with Crippen molar-refractivity contribution in [1.29, 1.82) is 0 Å². The van der Waals surface area contributed by atoms with Gasteiger partial charge in [-0.05, 0) is 25.0 Å². The Morgan fingerprint density at radius 1 is 1.18 bits per heavy atom. The van der Waals surface area contributed by atoms with Crippen LogP contribution in [0.25, 0.3) is 0 Å². The largest absolute Gasteiger partial charge is 0.375 e. The number of hydrogen-bond donors (Lipinski definition) is 2. The monoisotopic (exact) mass is 348 g/mol. The Hall–Kier alpha value is -0.980. The Labute approximate surface area is 120 Å². The summed E-state index contributed by atoms with van der Waals surface area (Å²) in [7, 11) is 2.09. The number of rotatable bonds is 6. The molecule has 5 heteroatoms. The summed E-state index contributed by atoms with van der Waals surface area (Å²) < 4.78 is 0. The van der Waals surface area contributed by atoms with Crippen molar-refractivity contribution in [3.05, 3.63) is 30.3 Å². The van der Waals surface area contributed by atoms with Crippen LogP contribution in [-0.4, -0.2) is 26.1 Å². The van der Waals surface area contributed by atoms with Crippen LogP contribution in [0.5, 0.6) is 0 Å². The molecule has 0 amide bonds. The van der Waals surface area contributed by atoms with Gasteiger partial charge in [0.15, 0.2) is 5.96 Å². The average molecular weight is 348 g/mol. The van der Waals surface area contributed by atoms with Crippen LogP contribution in [0.2, 0.25) is 0 Å². The highest BCUT2D eigenvalue weighted by Gasteiger charge is 1.98. The highest BCUT2D eigenvalue weighted by atomic mass is 127. The summed E-state index contributed by atoms with van der Waals surface area (Å²) in [5.41, 5.74) is 11.7. The van der Waals surface area contributed by atoms with E-state index in [-0.39, 0.29) is 29.9 Å². The van der Waals surface area contributed by atoms with E-state index in [1.165, 1.54) is 5.69 Å². The van der Waals surface area contributed by atoms with Crippen LogP contribution in [0, 0.1) is 0 Å². The molecule has 17 heavy (non-hydrogen) atoms. The maximum atomic E-state index is 5.24. The first-order chi connectivity index (χ1) is 7.70. The van der Waals surface area contributed by atoms with Crippen molar-refractivity contribution >= 4 is 35.6 Å². The van der Waals surface area contributed by atoms with Gasteiger partial charge in [0.25, 0.3) is 0 Å². The predicted octanol–water partition coefficient (Wildman–Crippen LogP) is 1.79. The fourth-order valence-electron chi connectivity index (χ4n) is 1.48. The standard InChI is InChI=1S/C12H20N4.HI/c1-16(11-7-3-2-4-8-11)10-6-5-9-15-12(13)14;/h2-4,7-8H,5-6,9-10H2,1H3,(H4,13,14,15);1H. The molecule has 0 saturated heterocycles. The van der Waals surface area contributed by atoms with E-state index in [2.05, 4.69) is 29.1 Å². The minimum absolute atomic E-state index is 0. The van der Waals surface area contributed by atoms with Gasteiger partial charge in [-0.15, -0.1) is 24.0 Å². The number of benzene rings is 1. The van der Waals surface area contributed by atoms with Gasteiger partial charge in [-0.3, -0.25) is 4.99 Å². The molecule has 0 radical (unpaired) electrons. The topological polar surface area (TPSA) is 67.6 Å². The summed E-state index contributed by atoms with van der Waals surface area (Å²) in [6.07, 6.45) is 2.09. The smallest absolute Gasteiger partial charge is 0.185 e. The lowest BCUT2D eigenvalue weighted by Gasteiger charge is -2.18. The molecule has 0 aliphatic rings. The number of para-hydroxylation sites is 1. The molecule has 1 aromatic carbocycles. The molecule has 0 aromatic heterocycles. The van der Waals surface area contributed by atoms with Gasteiger partial charge in [0, 0.05) is 25.8 Å². The predicted molar refractivity (Wildman–Crippen MR) is 85.0 cm³/mol. The summed E-state index contributed by atoms with van der Waals surface area (Å²) in [6.45, 7) is 1.73. The van der Waals surface area contributed by atoms with Crippen LogP contribution in [0.4, 0.5) is 5.69 Å². The Kier molecular flexibility index (Phi) is 8.57. The molecule has 0 unspecified atom stereocenters. The third-order valence-electron chi connectivity index (χ3n) is 2.39. The molecule has 0 bridgehead atoms. The van der Waals surface area contributed by atoms with Gasteiger partial charge < -0.3 is 16.4 Å². The van der Waals surface area contributed by atoms with E-state index in [0.717, 1.165) is 19.4 Å². The minimum Gasteiger partial charge on any atom is -0.375 e. The van der Waals surface area contributed by atoms with Crippen molar-refractivity contribution in [3.8, 4) is 0 Å². The van der Waals surface area contributed by atoms with Gasteiger partial charge in [0.2, 0.25) is 0 Å². The van der Waals surface area contributed by atoms with Crippen LogP contribution in [0.15, 0.2) is 35.3 Å². The SMILES string of the molecule is CN(CCCCN=C(N)N)c1ccccc1.I. The second-order valence-electron chi connectivity index (χ2n) is 3.77. The maximum absolute atomic E-state index is 5.24. The van der Waals surface area contributed by atoms with Crippen molar-refractivity contribution in [1.82, 2.24) is 0 Å². The molecule has 0 fully saturated rings. The van der Waals surface area contributed by atoms with Gasteiger partial charge in [-0.2, -0.15) is 0 Å². The zero-order chi connectivity index (χ0) is 11.8. The normalized spacial score (nSPS) is 9.24. The fraction of sp³-hybridized carbons (Fsp3) is 0.417. The minimum atomic E-state index is 0. The molecule has 0 atom stereocenters. The summed E-state index contributed by atoms with van der Waals surface area (Å²) in [6, 6.07) is 10.3. The van der Waals surface area contributed by atoms with Crippen molar-refractivity contribution in [2.24, 2.45) is 16.5 Å². The highest BCUT2D eigenvalue weighted by molar-refractivity contribution is 14.0. The molecule has 0 saturated carbocycles. The van der Waals surface area contributed by atoms with Crippen molar-refractivity contribution in [3.63, 3.8) is 0 Å². The molecule has 1 rings (SSSR count). The molecule has 4 nitrogen and oxygen atoms in total. The van der Waals surface area contributed by atoms with Gasteiger partial charge in [-0.1, -0.05) is 18.2 Å². The summed E-state index contributed by atoms with van der Waals surface area (Å²) in [5.74, 6) is 0.177. The maximum Gasteiger partial charge on any atom is 0.185 e. The van der Waals surface area contributed by atoms with Crippen molar-refractivity contribution in [2.45, 2.75) is 12.8 Å². The number of unbranched alkanes of at least 4 members (excludes halogenated alkanes) is 1. The average Bonchev–Trinajstić information content (AvgIpc) is 2.29. The molecule has 96 valence electrons. The van der Waals surface area contributed by atoms with E-state index >= 15 is 0 Å².